The molecule has 1 aromatic heterocycles. The Morgan fingerprint density at radius 3 is 2.58 bits per heavy atom. The van der Waals surface area contributed by atoms with Gasteiger partial charge in [-0.25, -0.2) is 9.48 Å². The van der Waals surface area contributed by atoms with Crippen LogP contribution in [0, 0.1) is 0 Å². The van der Waals surface area contributed by atoms with Crippen LogP contribution < -0.4 is 10.1 Å². The third-order valence-corrected chi connectivity index (χ3v) is 7.77. The molecule has 208 valence electrons. The van der Waals surface area contributed by atoms with Crippen molar-refractivity contribution < 1.29 is 19.1 Å². The fourth-order valence-electron chi connectivity index (χ4n) is 4.83. The summed E-state index contributed by atoms with van der Waals surface area (Å²) < 4.78 is 13.0. The number of thioether (sulfide) groups is 1. The monoisotopic (exact) mass is 559 g/mol. The van der Waals surface area contributed by atoms with E-state index in [1.54, 1.807) is 4.68 Å². The van der Waals surface area contributed by atoms with Crippen LogP contribution in [0.15, 0.2) is 83.7 Å². The van der Waals surface area contributed by atoms with Gasteiger partial charge in [0.05, 0.1) is 5.57 Å². The number of carbonyl (C=O) groups is 2. The molecule has 0 spiro atoms. The lowest BCUT2D eigenvalue weighted by Crippen LogP contribution is -2.38. The van der Waals surface area contributed by atoms with Crippen LogP contribution in [0.3, 0.4) is 0 Å². The third-order valence-electron chi connectivity index (χ3n) is 6.86. The number of nitrogens with zero attached hydrogens (tertiary/aromatic N) is 4. The average molecular weight is 560 g/mol. The Kier molecular flexibility index (Phi) is 8.85. The number of anilines is 1. The highest BCUT2D eigenvalue weighted by Gasteiger charge is 2.35. The van der Waals surface area contributed by atoms with Crippen molar-refractivity contribution in [3.05, 3.63) is 89.6 Å². The van der Waals surface area contributed by atoms with Crippen molar-refractivity contribution in [2.45, 2.75) is 43.1 Å². The SMILES string of the molecule is C=CCOC(=O)C1=C(C)Nc2nc(SCc3ccccc3)nn2C1c1ccc(OCC(=O)N2CCCCC2)cc1. The minimum atomic E-state index is -0.559. The Morgan fingerprint density at radius 1 is 1.10 bits per heavy atom. The van der Waals surface area contributed by atoms with Gasteiger partial charge >= 0.3 is 5.97 Å². The molecule has 1 N–H and O–H groups in total. The van der Waals surface area contributed by atoms with Crippen molar-refractivity contribution in [2.75, 3.05) is 31.6 Å². The number of likely N-dealkylation sites (tertiary alicyclic amines) is 1. The van der Waals surface area contributed by atoms with Crippen molar-refractivity contribution in [3.63, 3.8) is 0 Å². The summed E-state index contributed by atoms with van der Waals surface area (Å²) in [5, 5.41) is 8.59. The Labute approximate surface area is 238 Å². The van der Waals surface area contributed by atoms with E-state index >= 15 is 0 Å². The number of ether oxygens (including phenoxy) is 2. The summed E-state index contributed by atoms with van der Waals surface area (Å²) in [6.45, 7) is 7.16. The van der Waals surface area contributed by atoms with Gasteiger partial charge in [0.15, 0.2) is 6.61 Å². The number of amides is 1. The number of rotatable bonds is 10. The fourth-order valence-corrected chi connectivity index (χ4v) is 5.61. The van der Waals surface area contributed by atoms with Gasteiger partial charge in [-0.1, -0.05) is 66.9 Å². The number of fused-ring (bicyclic) bond motifs is 1. The molecule has 10 heteroatoms. The van der Waals surface area contributed by atoms with E-state index in [-0.39, 0.29) is 19.1 Å². The topological polar surface area (TPSA) is 98.6 Å². The maximum absolute atomic E-state index is 13.2. The van der Waals surface area contributed by atoms with Crippen LogP contribution in [0.2, 0.25) is 0 Å². The summed E-state index contributed by atoms with van der Waals surface area (Å²) in [7, 11) is 0. The molecule has 2 aromatic carbocycles. The van der Waals surface area contributed by atoms with Crippen molar-refractivity contribution >= 4 is 29.6 Å². The minimum absolute atomic E-state index is 0.0000566. The molecule has 5 rings (SSSR count). The molecule has 40 heavy (non-hydrogen) atoms. The summed E-state index contributed by atoms with van der Waals surface area (Å²) >= 11 is 1.53. The number of benzene rings is 2. The predicted octanol–water partition coefficient (Wildman–Crippen LogP) is 4.98. The highest BCUT2D eigenvalue weighted by atomic mass is 32.2. The molecule has 3 heterocycles. The molecule has 1 fully saturated rings. The Bertz CT molecular complexity index is 1380. The molecule has 1 unspecified atom stereocenters. The third kappa shape index (κ3) is 6.39. The van der Waals surface area contributed by atoms with E-state index in [1.165, 1.54) is 29.8 Å². The van der Waals surface area contributed by atoms with Crippen LogP contribution in [-0.2, 0) is 20.1 Å². The van der Waals surface area contributed by atoms with Gasteiger partial charge in [-0.3, -0.25) is 4.79 Å². The van der Waals surface area contributed by atoms with Gasteiger partial charge in [0.25, 0.3) is 5.91 Å². The quantitative estimate of drug-likeness (QED) is 0.211. The lowest BCUT2D eigenvalue weighted by atomic mass is 9.96. The van der Waals surface area contributed by atoms with Crippen LogP contribution in [-0.4, -0.2) is 57.8 Å². The molecule has 1 amide bonds. The number of hydrogen-bond acceptors (Lipinski definition) is 8. The number of nitrogens with one attached hydrogen (secondary N) is 1. The standard InChI is InChI=1S/C30H33N5O4S/c1-3-18-38-28(37)26-21(2)31-29-32-30(40-20-22-10-6-4-7-11-22)33-35(29)27(26)23-12-14-24(15-13-23)39-19-25(36)34-16-8-5-9-17-34/h3-4,6-7,10-15,27H,1,5,8-9,16-20H2,2H3,(H,31,32,33). The first-order valence-corrected chi connectivity index (χ1v) is 14.4. The summed E-state index contributed by atoms with van der Waals surface area (Å²) in [4.78, 5) is 32.2. The molecule has 2 aliphatic rings. The predicted molar refractivity (Wildman–Crippen MR) is 154 cm³/mol. The van der Waals surface area contributed by atoms with Gasteiger partial charge < -0.3 is 19.7 Å². The summed E-state index contributed by atoms with van der Waals surface area (Å²) in [6.07, 6.45) is 4.78. The van der Waals surface area contributed by atoms with Gasteiger partial charge in [0.2, 0.25) is 11.1 Å². The van der Waals surface area contributed by atoms with E-state index in [0.717, 1.165) is 37.2 Å². The zero-order valence-electron chi connectivity index (χ0n) is 22.5. The largest absolute Gasteiger partial charge is 0.484 e. The molecule has 0 saturated carbocycles. The molecule has 9 nitrogen and oxygen atoms in total. The fraction of sp³-hybridized carbons (Fsp3) is 0.333. The maximum atomic E-state index is 13.2. The Morgan fingerprint density at radius 2 is 1.85 bits per heavy atom. The maximum Gasteiger partial charge on any atom is 0.338 e. The number of piperidine rings is 1. The van der Waals surface area contributed by atoms with Crippen LogP contribution in [0.5, 0.6) is 5.75 Å². The number of carbonyl (C=O) groups excluding carboxylic acids is 2. The Balaban J connectivity index is 1.37. The van der Waals surface area contributed by atoms with Crippen molar-refractivity contribution in [3.8, 4) is 5.75 Å². The highest BCUT2D eigenvalue weighted by molar-refractivity contribution is 7.98. The van der Waals surface area contributed by atoms with Gasteiger partial charge in [-0.2, -0.15) is 4.98 Å². The van der Waals surface area contributed by atoms with E-state index in [1.807, 2.05) is 54.3 Å². The minimum Gasteiger partial charge on any atom is -0.484 e. The second-order valence-electron chi connectivity index (χ2n) is 9.69. The molecular weight excluding hydrogens is 526 g/mol. The van der Waals surface area contributed by atoms with Gasteiger partial charge in [0, 0.05) is 24.5 Å². The van der Waals surface area contributed by atoms with Gasteiger partial charge in [0.1, 0.15) is 18.4 Å². The molecule has 0 radical (unpaired) electrons. The lowest BCUT2D eigenvalue weighted by molar-refractivity contribution is -0.138. The lowest BCUT2D eigenvalue weighted by Gasteiger charge is -2.28. The number of aromatic nitrogens is 3. The second-order valence-corrected chi connectivity index (χ2v) is 10.6. The highest BCUT2D eigenvalue weighted by Crippen LogP contribution is 2.37. The number of hydrogen-bond donors (Lipinski definition) is 1. The van der Waals surface area contributed by atoms with Crippen LogP contribution in [0.4, 0.5) is 5.95 Å². The summed E-state index contributed by atoms with van der Waals surface area (Å²) in [5.41, 5.74) is 3.06. The molecular formula is C30H33N5O4S. The normalized spacial score (nSPS) is 16.6. The molecule has 2 aliphatic heterocycles. The zero-order chi connectivity index (χ0) is 27.9. The van der Waals surface area contributed by atoms with Crippen LogP contribution in [0.1, 0.15) is 43.4 Å². The Hall–Kier alpha value is -4.05. The van der Waals surface area contributed by atoms with E-state index < -0.39 is 12.0 Å². The van der Waals surface area contributed by atoms with Crippen molar-refractivity contribution in [1.29, 1.82) is 0 Å². The smallest absolute Gasteiger partial charge is 0.338 e. The van der Waals surface area contributed by atoms with Crippen molar-refractivity contribution in [2.24, 2.45) is 0 Å². The second kappa shape index (κ2) is 12.9. The van der Waals surface area contributed by atoms with Gasteiger partial charge in [-0.05, 0) is 49.4 Å². The van der Waals surface area contributed by atoms with E-state index in [9.17, 15) is 9.59 Å². The van der Waals surface area contributed by atoms with Gasteiger partial charge in [-0.15, -0.1) is 5.10 Å². The zero-order valence-corrected chi connectivity index (χ0v) is 23.4. The average Bonchev–Trinajstić information content (AvgIpc) is 3.40. The number of esters is 1. The van der Waals surface area contributed by atoms with Crippen LogP contribution >= 0.6 is 11.8 Å². The molecule has 0 bridgehead atoms. The first-order valence-electron chi connectivity index (χ1n) is 13.4. The van der Waals surface area contributed by atoms with Crippen LogP contribution in [0.25, 0.3) is 0 Å². The number of allylic oxidation sites excluding steroid dienone is 1. The van der Waals surface area contributed by atoms with Crippen molar-refractivity contribution in [1.82, 2.24) is 19.7 Å². The molecule has 1 atom stereocenters. The van der Waals surface area contributed by atoms with E-state index in [4.69, 9.17) is 19.6 Å². The summed E-state index contributed by atoms with van der Waals surface area (Å²) in [5.74, 6) is 1.39. The first-order chi connectivity index (χ1) is 19.5. The van der Waals surface area contributed by atoms with E-state index in [2.05, 4.69) is 24.0 Å². The molecule has 3 aromatic rings. The first kappa shape index (κ1) is 27.5. The summed E-state index contributed by atoms with van der Waals surface area (Å²) in [6, 6.07) is 16.9. The molecule has 0 aliphatic carbocycles. The van der Waals surface area contributed by atoms with E-state index in [0.29, 0.717) is 28.1 Å². The molecule has 1 saturated heterocycles.